The Morgan fingerprint density at radius 3 is 2.88 bits per heavy atom. The second-order valence-electron chi connectivity index (χ2n) is 6.48. The van der Waals surface area contributed by atoms with Gasteiger partial charge in [-0.1, -0.05) is 6.92 Å². The highest BCUT2D eigenvalue weighted by Crippen LogP contribution is 2.43. The van der Waals surface area contributed by atoms with E-state index in [2.05, 4.69) is 11.9 Å². The lowest BCUT2D eigenvalue weighted by Crippen LogP contribution is -2.05. The third kappa shape index (κ3) is 1.92. The molecule has 0 N–H and O–H groups in total. The second-order valence-corrected chi connectivity index (χ2v) is 7.56. The van der Waals surface area contributed by atoms with Gasteiger partial charge in [0.15, 0.2) is 11.5 Å². The summed E-state index contributed by atoms with van der Waals surface area (Å²) in [4.78, 5) is 16.4. The maximum atomic E-state index is 4.88. The van der Waals surface area contributed by atoms with Crippen LogP contribution in [0, 0.1) is 6.92 Å². The summed E-state index contributed by atoms with van der Waals surface area (Å²) in [6.07, 6.45) is 7.22. The van der Waals surface area contributed by atoms with Crippen LogP contribution in [0.3, 0.4) is 0 Å². The summed E-state index contributed by atoms with van der Waals surface area (Å²) in [5, 5.41) is 5.91. The highest BCUT2D eigenvalue weighted by Gasteiger charge is 2.26. The van der Waals surface area contributed by atoms with Crippen LogP contribution >= 0.6 is 11.3 Å². The Balaban J connectivity index is 1.86. The first-order valence-corrected chi connectivity index (χ1v) is 9.13. The van der Waals surface area contributed by atoms with E-state index >= 15 is 0 Å². The van der Waals surface area contributed by atoms with E-state index in [4.69, 9.17) is 15.1 Å². The van der Waals surface area contributed by atoms with Crippen molar-refractivity contribution in [1.29, 1.82) is 0 Å². The number of rotatable bonds is 1. The van der Waals surface area contributed by atoms with Gasteiger partial charge in [-0.15, -0.1) is 16.4 Å². The zero-order chi connectivity index (χ0) is 16.3. The van der Waals surface area contributed by atoms with Crippen LogP contribution < -0.4 is 0 Å². The van der Waals surface area contributed by atoms with Crippen LogP contribution in [0.1, 0.15) is 41.9 Å². The third-order valence-corrected chi connectivity index (χ3v) is 6.04. The molecule has 24 heavy (non-hydrogen) atoms. The molecule has 0 bridgehead atoms. The standard InChI is InChI=1S/C18H17N5S/c1-10-4-3-5-13-14(10)15-17-21-16(12-6-8-19-9-7-12)22-23(17)11(2)20-18(15)24-13/h6-10H,3-5H2,1-2H3/t10-/m0/s1. The summed E-state index contributed by atoms with van der Waals surface area (Å²) in [5.41, 5.74) is 3.38. The van der Waals surface area contributed by atoms with Crippen LogP contribution in [0.15, 0.2) is 24.5 Å². The molecule has 0 spiro atoms. The summed E-state index contributed by atoms with van der Waals surface area (Å²) in [6, 6.07) is 3.89. The summed E-state index contributed by atoms with van der Waals surface area (Å²) < 4.78 is 1.90. The van der Waals surface area contributed by atoms with Crippen molar-refractivity contribution in [3.63, 3.8) is 0 Å². The molecule has 4 aromatic heterocycles. The quantitative estimate of drug-likeness (QED) is 0.524. The molecule has 4 heterocycles. The van der Waals surface area contributed by atoms with Gasteiger partial charge in [-0.25, -0.2) is 9.97 Å². The summed E-state index contributed by atoms with van der Waals surface area (Å²) in [7, 11) is 0. The Kier molecular flexibility index (Phi) is 2.97. The lowest BCUT2D eigenvalue weighted by molar-refractivity contribution is 0.602. The van der Waals surface area contributed by atoms with Gasteiger partial charge in [-0.2, -0.15) is 4.52 Å². The van der Waals surface area contributed by atoms with E-state index in [1.165, 1.54) is 28.7 Å². The van der Waals surface area contributed by atoms with Gasteiger partial charge in [0.05, 0.1) is 5.39 Å². The SMILES string of the molecule is Cc1nc2sc3c(c2c2nc(-c4ccncc4)nn12)[C@@H](C)CCC3. The molecule has 120 valence electrons. The topological polar surface area (TPSA) is 56.0 Å². The first kappa shape index (κ1) is 14.0. The van der Waals surface area contributed by atoms with E-state index < -0.39 is 0 Å². The number of thiophene rings is 1. The highest BCUT2D eigenvalue weighted by molar-refractivity contribution is 7.19. The molecule has 0 fully saturated rings. The zero-order valence-electron chi connectivity index (χ0n) is 13.7. The Morgan fingerprint density at radius 1 is 1.21 bits per heavy atom. The third-order valence-electron chi connectivity index (χ3n) is 4.88. The molecule has 1 aliphatic rings. The Hall–Kier alpha value is -2.34. The zero-order valence-corrected chi connectivity index (χ0v) is 14.5. The Labute approximate surface area is 143 Å². The van der Waals surface area contributed by atoms with Crippen LogP contribution in [0.5, 0.6) is 0 Å². The Bertz CT molecular complexity index is 1060. The summed E-state index contributed by atoms with van der Waals surface area (Å²) in [6.45, 7) is 4.32. The van der Waals surface area contributed by atoms with Crippen molar-refractivity contribution in [2.75, 3.05) is 0 Å². The predicted octanol–water partition coefficient (Wildman–Crippen LogP) is 4.15. The largest absolute Gasteiger partial charge is 0.265 e. The van der Waals surface area contributed by atoms with Crippen molar-refractivity contribution in [3.05, 3.63) is 40.8 Å². The molecule has 0 radical (unpaired) electrons. The van der Waals surface area contributed by atoms with Crippen molar-refractivity contribution in [2.45, 2.75) is 39.0 Å². The number of aromatic nitrogens is 5. The van der Waals surface area contributed by atoms with Crippen LogP contribution in [-0.4, -0.2) is 24.6 Å². The van der Waals surface area contributed by atoms with Gasteiger partial charge in [0, 0.05) is 22.8 Å². The molecule has 0 saturated heterocycles. The highest BCUT2D eigenvalue weighted by atomic mass is 32.1. The lowest BCUT2D eigenvalue weighted by Gasteiger charge is -2.18. The van der Waals surface area contributed by atoms with Gasteiger partial charge in [-0.05, 0) is 49.8 Å². The van der Waals surface area contributed by atoms with Gasteiger partial charge in [0.25, 0.3) is 0 Å². The number of nitrogens with zero attached hydrogens (tertiary/aromatic N) is 5. The fourth-order valence-corrected chi connectivity index (χ4v) is 5.08. The molecule has 0 aromatic carbocycles. The molecule has 0 aliphatic heterocycles. The minimum atomic E-state index is 0.567. The van der Waals surface area contributed by atoms with Gasteiger partial charge < -0.3 is 0 Å². The fraction of sp³-hybridized carbons (Fsp3) is 0.333. The number of hydrogen-bond acceptors (Lipinski definition) is 5. The van der Waals surface area contributed by atoms with E-state index in [-0.39, 0.29) is 0 Å². The van der Waals surface area contributed by atoms with E-state index in [0.29, 0.717) is 5.92 Å². The number of pyridine rings is 1. The molecule has 0 unspecified atom stereocenters. The van der Waals surface area contributed by atoms with Crippen molar-refractivity contribution in [1.82, 2.24) is 24.6 Å². The average molecular weight is 335 g/mol. The minimum absolute atomic E-state index is 0.567. The molecular formula is C18H17N5S. The Morgan fingerprint density at radius 2 is 2.04 bits per heavy atom. The maximum Gasteiger partial charge on any atom is 0.182 e. The monoisotopic (exact) mass is 335 g/mol. The molecule has 4 aromatic rings. The fourth-order valence-electron chi connectivity index (χ4n) is 3.71. The number of aryl methyl sites for hydroxylation is 2. The van der Waals surface area contributed by atoms with E-state index in [9.17, 15) is 0 Å². The van der Waals surface area contributed by atoms with Crippen molar-refractivity contribution < 1.29 is 0 Å². The first-order valence-electron chi connectivity index (χ1n) is 8.31. The smallest absolute Gasteiger partial charge is 0.182 e. The van der Waals surface area contributed by atoms with Crippen LogP contribution in [0.4, 0.5) is 0 Å². The van der Waals surface area contributed by atoms with Crippen molar-refractivity contribution in [3.8, 4) is 11.4 Å². The predicted molar refractivity (Wildman–Crippen MR) is 95.5 cm³/mol. The number of hydrogen-bond donors (Lipinski definition) is 0. The van der Waals surface area contributed by atoms with Crippen LogP contribution in [0.2, 0.25) is 0 Å². The maximum absolute atomic E-state index is 4.88. The molecule has 5 nitrogen and oxygen atoms in total. The molecule has 0 amide bonds. The van der Waals surface area contributed by atoms with E-state index in [1.807, 2.05) is 34.9 Å². The van der Waals surface area contributed by atoms with Gasteiger partial charge in [0.1, 0.15) is 10.7 Å². The van der Waals surface area contributed by atoms with Crippen molar-refractivity contribution >= 4 is 27.2 Å². The molecule has 0 saturated carbocycles. The normalized spacial score (nSPS) is 17.5. The van der Waals surface area contributed by atoms with Gasteiger partial charge in [0.2, 0.25) is 0 Å². The van der Waals surface area contributed by atoms with Crippen LogP contribution in [-0.2, 0) is 6.42 Å². The van der Waals surface area contributed by atoms with Crippen LogP contribution in [0.25, 0.3) is 27.3 Å². The summed E-state index contributed by atoms with van der Waals surface area (Å²) >= 11 is 1.84. The molecular weight excluding hydrogens is 318 g/mol. The van der Waals surface area contributed by atoms with E-state index in [0.717, 1.165) is 34.1 Å². The number of fused-ring (bicyclic) bond motifs is 5. The lowest BCUT2D eigenvalue weighted by atomic mass is 9.87. The van der Waals surface area contributed by atoms with Gasteiger partial charge >= 0.3 is 0 Å². The molecule has 5 rings (SSSR count). The van der Waals surface area contributed by atoms with Gasteiger partial charge in [-0.3, -0.25) is 4.98 Å². The minimum Gasteiger partial charge on any atom is -0.265 e. The molecule has 1 atom stereocenters. The van der Waals surface area contributed by atoms with E-state index in [1.54, 1.807) is 12.4 Å². The molecule has 1 aliphatic carbocycles. The summed E-state index contributed by atoms with van der Waals surface area (Å²) in [5.74, 6) is 2.19. The first-order chi connectivity index (χ1) is 11.7. The molecule has 6 heteroatoms. The average Bonchev–Trinajstić information content (AvgIpc) is 3.18. The van der Waals surface area contributed by atoms with Crippen molar-refractivity contribution in [2.24, 2.45) is 0 Å². The second kappa shape index (κ2) is 5.08.